The maximum atomic E-state index is 12.8. The van der Waals surface area contributed by atoms with Crippen molar-refractivity contribution >= 4 is 46.5 Å². The van der Waals surface area contributed by atoms with E-state index in [0.717, 1.165) is 16.9 Å². The van der Waals surface area contributed by atoms with Crippen LogP contribution in [0.4, 0.5) is 5.69 Å². The molecule has 1 saturated heterocycles. The summed E-state index contributed by atoms with van der Waals surface area (Å²) in [5.41, 5.74) is 3.12. The number of rotatable bonds is 8. The van der Waals surface area contributed by atoms with Crippen molar-refractivity contribution in [3.8, 4) is 11.3 Å². The lowest BCUT2D eigenvalue weighted by atomic mass is 10.0. The van der Waals surface area contributed by atoms with E-state index in [4.69, 9.17) is 28.2 Å². The number of carboxylic acid groups (broad SMARTS) is 1. The number of carbonyl (C=O) groups is 2. The molecule has 4 aromatic rings. The van der Waals surface area contributed by atoms with Crippen molar-refractivity contribution in [3.63, 3.8) is 0 Å². The first kappa shape index (κ1) is 26.4. The largest absolute Gasteiger partial charge is 0.478 e. The Bertz CT molecular complexity index is 1540. The van der Waals surface area contributed by atoms with Gasteiger partial charge < -0.3 is 25.1 Å². The number of anilines is 1. The van der Waals surface area contributed by atoms with Crippen LogP contribution in [0.1, 0.15) is 45.9 Å². The summed E-state index contributed by atoms with van der Waals surface area (Å²) in [5, 5.41) is 16.5. The van der Waals surface area contributed by atoms with Crippen LogP contribution < -0.4 is 10.6 Å². The van der Waals surface area contributed by atoms with Crippen LogP contribution in [-0.2, 0) is 4.79 Å². The summed E-state index contributed by atoms with van der Waals surface area (Å²) in [6.45, 7) is 2.30. The molecule has 1 aliphatic heterocycles. The van der Waals surface area contributed by atoms with Crippen LogP contribution >= 0.6 is 23.8 Å². The molecule has 8 nitrogen and oxygen atoms in total. The van der Waals surface area contributed by atoms with E-state index in [1.54, 1.807) is 12.3 Å². The number of nitrogens with one attached hydrogen (secondary N) is 2. The Balaban J connectivity index is 1.43. The Hall–Kier alpha value is -4.21. The van der Waals surface area contributed by atoms with Gasteiger partial charge in [-0.1, -0.05) is 29.8 Å². The molecule has 0 bridgehead atoms. The molecule has 3 heterocycles. The summed E-state index contributed by atoms with van der Waals surface area (Å²) in [4.78, 5) is 30.7. The average molecular weight is 561 g/mol. The van der Waals surface area contributed by atoms with Crippen molar-refractivity contribution in [1.29, 1.82) is 0 Å². The molecular formula is C29H25ClN4O4S. The number of pyridine rings is 1. The number of carbonyl (C=O) groups excluding carboxylic acids is 1. The van der Waals surface area contributed by atoms with E-state index < -0.39 is 12.0 Å². The Kier molecular flexibility index (Phi) is 7.63. The Labute approximate surface area is 235 Å². The van der Waals surface area contributed by atoms with Crippen molar-refractivity contribution in [2.75, 3.05) is 11.9 Å². The molecule has 2 atom stereocenters. The first-order valence-corrected chi connectivity index (χ1v) is 13.1. The van der Waals surface area contributed by atoms with Crippen LogP contribution in [0.25, 0.3) is 11.3 Å². The van der Waals surface area contributed by atoms with Gasteiger partial charge in [0.05, 0.1) is 22.3 Å². The Morgan fingerprint density at radius 1 is 1.13 bits per heavy atom. The number of aromatic carboxylic acids is 1. The zero-order valence-electron chi connectivity index (χ0n) is 20.9. The molecule has 10 heteroatoms. The van der Waals surface area contributed by atoms with Crippen LogP contribution in [0.15, 0.2) is 83.4 Å². The smallest absolute Gasteiger partial charge is 0.335 e. The van der Waals surface area contributed by atoms with Crippen LogP contribution in [0.2, 0.25) is 5.02 Å². The summed E-state index contributed by atoms with van der Waals surface area (Å²) in [7, 11) is 0. The van der Waals surface area contributed by atoms with E-state index in [1.165, 1.54) is 18.2 Å². The number of halogens is 1. The second-order valence-corrected chi connectivity index (χ2v) is 9.98. The highest BCUT2D eigenvalue weighted by Gasteiger charge is 2.41. The summed E-state index contributed by atoms with van der Waals surface area (Å²) >= 11 is 12.1. The maximum absolute atomic E-state index is 12.8. The highest BCUT2D eigenvalue weighted by molar-refractivity contribution is 7.80. The molecule has 1 fully saturated rings. The second-order valence-electron chi connectivity index (χ2n) is 9.19. The minimum atomic E-state index is -1.06. The fraction of sp³-hybridized carbons (Fsp3) is 0.172. The van der Waals surface area contributed by atoms with Gasteiger partial charge in [-0.05, 0) is 79.3 Å². The minimum Gasteiger partial charge on any atom is -0.478 e. The number of thiocarbonyl (C=S) groups is 1. The van der Waals surface area contributed by atoms with Gasteiger partial charge in [-0.2, -0.15) is 0 Å². The highest BCUT2D eigenvalue weighted by Crippen LogP contribution is 2.41. The molecule has 0 unspecified atom stereocenters. The van der Waals surface area contributed by atoms with Crippen molar-refractivity contribution in [3.05, 3.63) is 107 Å². The summed E-state index contributed by atoms with van der Waals surface area (Å²) in [6.07, 6.45) is 1.90. The standard InChI is InChI=1S/C29H25ClN4O4S/c1-17-5-4-6-19(15-17)32-25(35)12-14-34-27(26(33-29(34)39)22-7-2-3-13-31-22)24-11-10-23(38-24)20-16-18(28(36)37)8-9-21(20)30/h2-11,13,15-16,26-27H,12,14H2,1H3,(H,32,35)(H,33,39)(H,36,37)/t26-,27-/m0/s1. The van der Waals surface area contributed by atoms with E-state index in [0.29, 0.717) is 33.8 Å². The van der Waals surface area contributed by atoms with Crippen LogP contribution in [0, 0.1) is 6.92 Å². The topological polar surface area (TPSA) is 108 Å². The number of amides is 1. The van der Waals surface area contributed by atoms with Crippen molar-refractivity contribution in [1.82, 2.24) is 15.2 Å². The van der Waals surface area contributed by atoms with Crippen molar-refractivity contribution in [2.45, 2.75) is 25.4 Å². The van der Waals surface area contributed by atoms with Gasteiger partial charge in [0.15, 0.2) is 5.11 Å². The van der Waals surface area contributed by atoms with Gasteiger partial charge in [0.25, 0.3) is 0 Å². The van der Waals surface area contributed by atoms with Crippen LogP contribution in [0.3, 0.4) is 0 Å². The Morgan fingerprint density at radius 3 is 2.72 bits per heavy atom. The van der Waals surface area contributed by atoms with E-state index in [2.05, 4.69) is 15.6 Å². The number of furan rings is 1. The fourth-order valence-electron chi connectivity index (χ4n) is 4.63. The number of hydrogen-bond donors (Lipinski definition) is 3. The molecule has 39 heavy (non-hydrogen) atoms. The average Bonchev–Trinajstić information content (AvgIpc) is 3.52. The van der Waals surface area contributed by atoms with Gasteiger partial charge in [-0.25, -0.2) is 4.79 Å². The monoisotopic (exact) mass is 560 g/mol. The van der Waals surface area contributed by atoms with Gasteiger partial charge in [0.2, 0.25) is 5.91 Å². The third-order valence-corrected chi connectivity index (χ3v) is 7.16. The third-order valence-electron chi connectivity index (χ3n) is 6.48. The molecule has 2 aromatic heterocycles. The third kappa shape index (κ3) is 5.79. The molecule has 3 N–H and O–H groups in total. The zero-order chi connectivity index (χ0) is 27.5. The van der Waals surface area contributed by atoms with E-state index in [1.807, 2.05) is 60.4 Å². The summed E-state index contributed by atoms with van der Waals surface area (Å²) in [5.74, 6) is -0.201. The summed E-state index contributed by atoms with van der Waals surface area (Å²) < 4.78 is 6.27. The van der Waals surface area contributed by atoms with Crippen molar-refractivity contribution < 1.29 is 19.1 Å². The fourth-order valence-corrected chi connectivity index (χ4v) is 5.17. The Morgan fingerprint density at radius 2 is 1.97 bits per heavy atom. The molecule has 1 aliphatic rings. The van der Waals surface area contributed by atoms with E-state index >= 15 is 0 Å². The molecule has 0 spiro atoms. The first-order valence-electron chi connectivity index (χ1n) is 12.3. The van der Waals surface area contributed by atoms with Gasteiger partial charge >= 0.3 is 5.97 Å². The predicted octanol–water partition coefficient (Wildman–Crippen LogP) is 6.00. The highest BCUT2D eigenvalue weighted by atomic mass is 35.5. The number of aryl methyl sites for hydroxylation is 1. The predicted molar refractivity (Wildman–Crippen MR) is 153 cm³/mol. The SMILES string of the molecule is Cc1cccc(NC(=O)CCN2C(=S)N[C@@H](c3ccccn3)[C@@H]2c2ccc(-c3cc(C(=O)O)ccc3Cl)o2)c1. The molecule has 0 saturated carbocycles. The lowest BCUT2D eigenvalue weighted by molar-refractivity contribution is -0.116. The minimum absolute atomic E-state index is 0.101. The number of aromatic nitrogens is 1. The van der Waals surface area contributed by atoms with Crippen LogP contribution in [0.5, 0.6) is 0 Å². The first-order chi connectivity index (χ1) is 18.8. The molecule has 1 amide bonds. The number of carboxylic acids is 1. The van der Waals surface area contributed by atoms with E-state index in [-0.39, 0.29) is 23.9 Å². The molecule has 0 aliphatic carbocycles. The van der Waals surface area contributed by atoms with Gasteiger partial charge in [0.1, 0.15) is 17.6 Å². The normalized spacial score (nSPS) is 16.7. The molecule has 2 aromatic carbocycles. The lowest BCUT2D eigenvalue weighted by Crippen LogP contribution is -2.32. The summed E-state index contributed by atoms with van der Waals surface area (Å²) in [6, 6.07) is 20.5. The molecule has 5 rings (SSSR count). The molecule has 198 valence electrons. The van der Waals surface area contributed by atoms with Gasteiger partial charge in [-0.15, -0.1) is 0 Å². The molecular weight excluding hydrogens is 536 g/mol. The lowest BCUT2D eigenvalue weighted by Gasteiger charge is -2.25. The van der Waals surface area contributed by atoms with Gasteiger partial charge in [0, 0.05) is 30.4 Å². The maximum Gasteiger partial charge on any atom is 0.335 e. The van der Waals surface area contributed by atoms with Crippen LogP contribution in [-0.4, -0.2) is 38.5 Å². The molecule has 0 radical (unpaired) electrons. The number of benzene rings is 2. The quantitative estimate of drug-likeness (QED) is 0.225. The number of nitrogens with zero attached hydrogens (tertiary/aromatic N) is 2. The van der Waals surface area contributed by atoms with Gasteiger partial charge in [-0.3, -0.25) is 9.78 Å². The van der Waals surface area contributed by atoms with E-state index in [9.17, 15) is 14.7 Å². The van der Waals surface area contributed by atoms with Crippen molar-refractivity contribution in [2.24, 2.45) is 0 Å². The zero-order valence-corrected chi connectivity index (χ0v) is 22.5. The number of hydrogen-bond acceptors (Lipinski definition) is 5. The second kappa shape index (κ2) is 11.3.